The van der Waals surface area contributed by atoms with E-state index in [1.807, 2.05) is 25.2 Å². The van der Waals surface area contributed by atoms with Gasteiger partial charge in [0.2, 0.25) is 5.91 Å². The first-order valence-corrected chi connectivity index (χ1v) is 7.70. The van der Waals surface area contributed by atoms with Crippen molar-refractivity contribution >= 4 is 23.2 Å². The molecule has 0 fully saturated rings. The predicted molar refractivity (Wildman–Crippen MR) is 90.1 cm³/mol. The molecule has 0 saturated heterocycles. The summed E-state index contributed by atoms with van der Waals surface area (Å²) < 4.78 is 1.35. The molecule has 24 heavy (non-hydrogen) atoms. The molecule has 0 aliphatic carbocycles. The van der Waals surface area contributed by atoms with Crippen molar-refractivity contribution in [1.82, 2.24) is 19.9 Å². The summed E-state index contributed by atoms with van der Waals surface area (Å²) in [5, 5.41) is 10.5. The third-order valence-corrected chi connectivity index (χ3v) is 4.04. The van der Waals surface area contributed by atoms with Crippen LogP contribution in [0.3, 0.4) is 0 Å². The summed E-state index contributed by atoms with van der Waals surface area (Å²) in [4.78, 5) is 27.6. The normalized spacial score (nSPS) is 12.9. The monoisotopic (exact) mass is 328 g/mol. The lowest BCUT2D eigenvalue weighted by molar-refractivity contribution is -0.129. The van der Waals surface area contributed by atoms with Gasteiger partial charge in [0, 0.05) is 39.1 Å². The number of nitrogens with zero attached hydrogens (tertiary/aromatic N) is 5. The number of aromatic nitrogens is 3. The molecular formula is C16H20N6O2. The fourth-order valence-electron chi connectivity index (χ4n) is 2.57. The first kappa shape index (κ1) is 16.0. The number of anilines is 2. The molecular weight excluding hydrogens is 308 g/mol. The van der Waals surface area contributed by atoms with Gasteiger partial charge in [-0.3, -0.25) is 9.59 Å². The Kier molecular flexibility index (Phi) is 4.20. The van der Waals surface area contributed by atoms with Crippen molar-refractivity contribution in [2.75, 3.05) is 37.9 Å². The Morgan fingerprint density at radius 3 is 2.88 bits per heavy atom. The van der Waals surface area contributed by atoms with Crippen molar-refractivity contribution in [2.24, 2.45) is 0 Å². The quantitative estimate of drug-likeness (QED) is 0.889. The van der Waals surface area contributed by atoms with Crippen molar-refractivity contribution in [2.45, 2.75) is 13.0 Å². The van der Waals surface area contributed by atoms with Crippen molar-refractivity contribution < 1.29 is 9.59 Å². The van der Waals surface area contributed by atoms with Crippen molar-refractivity contribution in [3.05, 3.63) is 35.7 Å². The van der Waals surface area contributed by atoms with Gasteiger partial charge in [-0.1, -0.05) is 11.3 Å². The van der Waals surface area contributed by atoms with E-state index in [0.717, 1.165) is 18.7 Å². The van der Waals surface area contributed by atoms with E-state index in [4.69, 9.17) is 0 Å². The van der Waals surface area contributed by atoms with E-state index < -0.39 is 0 Å². The molecule has 1 aromatic heterocycles. The van der Waals surface area contributed by atoms with E-state index in [2.05, 4.69) is 20.5 Å². The van der Waals surface area contributed by atoms with E-state index in [1.165, 1.54) is 21.3 Å². The fraction of sp³-hybridized carbons (Fsp3) is 0.375. The van der Waals surface area contributed by atoms with Crippen LogP contribution in [-0.4, -0.2) is 59.4 Å². The Bertz CT molecular complexity index is 783. The fourth-order valence-corrected chi connectivity index (χ4v) is 2.57. The Balaban J connectivity index is 1.69. The lowest BCUT2D eigenvalue weighted by atomic mass is 10.1. The van der Waals surface area contributed by atoms with E-state index in [0.29, 0.717) is 5.69 Å². The molecule has 1 aliphatic heterocycles. The van der Waals surface area contributed by atoms with Gasteiger partial charge in [-0.25, -0.2) is 4.68 Å². The van der Waals surface area contributed by atoms with Crippen molar-refractivity contribution in [1.29, 1.82) is 0 Å². The summed E-state index contributed by atoms with van der Waals surface area (Å²) in [6, 6.07) is 5.87. The van der Waals surface area contributed by atoms with Gasteiger partial charge in [0.05, 0.1) is 6.20 Å². The van der Waals surface area contributed by atoms with Crippen LogP contribution in [0.5, 0.6) is 0 Å². The molecule has 126 valence electrons. The number of rotatable bonds is 4. The minimum atomic E-state index is -0.348. The molecule has 2 aromatic rings. The summed E-state index contributed by atoms with van der Waals surface area (Å²) in [6.07, 6.45) is 2.49. The van der Waals surface area contributed by atoms with Crippen LogP contribution in [-0.2, 0) is 17.8 Å². The zero-order valence-electron chi connectivity index (χ0n) is 14.0. The van der Waals surface area contributed by atoms with Crippen molar-refractivity contribution in [3.8, 4) is 0 Å². The molecule has 0 spiro atoms. The highest BCUT2D eigenvalue weighted by molar-refractivity contribution is 6.03. The van der Waals surface area contributed by atoms with Gasteiger partial charge in [-0.2, -0.15) is 0 Å². The second kappa shape index (κ2) is 6.31. The number of amides is 2. The Hall–Kier alpha value is -2.90. The SMILES string of the molecule is CN(C)C(=O)Cn1cc(C(=O)Nc2ccc3c(c2)N(C)CC3)nn1. The average molecular weight is 328 g/mol. The molecule has 1 N–H and O–H groups in total. The number of likely N-dealkylation sites (N-methyl/N-ethyl adjacent to an activating group) is 2. The van der Waals surface area contributed by atoms with E-state index in [1.54, 1.807) is 14.1 Å². The standard InChI is InChI=1S/C16H20N6O2/c1-20(2)15(23)10-22-9-13(18-19-22)16(24)17-12-5-4-11-6-7-21(3)14(11)8-12/h4-5,8-9H,6-7,10H2,1-3H3,(H,17,24). The molecule has 1 aromatic carbocycles. The number of benzene rings is 1. The number of carbonyl (C=O) groups excluding carboxylic acids is 2. The zero-order chi connectivity index (χ0) is 17.3. The first-order valence-electron chi connectivity index (χ1n) is 7.70. The molecule has 3 rings (SSSR count). The Morgan fingerprint density at radius 1 is 1.33 bits per heavy atom. The third kappa shape index (κ3) is 3.22. The maximum absolute atomic E-state index is 12.3. The molecule has 0 saturated carbocycles. The summed E-state index contributed by atoms with van der Waals surface area (Å²) in [5.74, 6) is -0.465. The van der Waals surface area contributed by atoms with Crippen LogP contribution in [0, 0.1) is 0 Å². The molecule has 8 heteroatoms. The highest BCUT2D eigenvalue weighted by Crippen LogP contribution is 2.29. The summed E-state index contributed by atoms with van der Waals surface area (Å²) in [7, 11) is 5.36. The average Bonchev–Trinajstić information content (AvgIpc) is 3.15. The van der Waals surface area contributed by atoms with Crippen LogP contribution in [0.1, 0.15) is 16.1 Å². The zero-order valence-corrected chi connectivity index (χ0v) is 14.0. The van der Waals surface area contributed by atoms with Crippen LogP contribution < -0.4 is 10.2 Å². The minimum absolute atomic E-state index is 0.0525. The van der Waals surface area contributed by atoms with E-state index >= 15 is 0 Å². The lowest BCUT2D eigenvalue weighted by Gasteiger charge is -2.13. The first-order chi connectivity index (χ1) is 11.4. The highest BCUT2D eigenvalue weighted by Gasteiger charge is 2.18. The third-order valence-electron chi connectivity index (χ3n) is 4.04. The maximum atomic E-state index is 12.3. The van der Waals surface area contributed by atoms with Crippen LogP contribution in [0.4, 0.5) is 11.4 Å². The molecule has 2 heterocycles. The lowest BCUT2D eigenvalue weighted by Crippen LogP contribution is -2.26. The number of nitrogens with one attached hydrogen (secondary N) is 1. The molecule has 1 aliphatic rings. The molecule has 0 atom stereocenters. The van der Waals surface area contributed by atoms with Gasteiger partial charge >= 0.3 is 0 Å². The van der Waals surface area contributed by atoms with Crippen LogP contribution >= 0.6 is 0 Å². The second-order valence-corrected chi connectivity index (χ2v) is 6.06. The topological polar surface area (TPSA) is 83.4 Å². The minimum Gasteiger partial charge on any atom is -0.374 e. The van der Waals surface area contributed by atoms with Crippen molar-refractivity contribution in [3.63, 3.8) is 0 Å². The number of carbonyl (C=O) groups is 2. The van der Waals surface area contributed by atoms with Crippen LogP contribution in [0.25, 0.3) is 0 Å². The van der Waals surface area contributed by atoms with E-state index in [-0.39, 0.29) is 24.1 Å². The molecule has 0 bridgehead atoms. The van der Waals surface area contributed by atoms with Crippen LogP contribution in [0.2, 0.25) is 0 Å². The van der Waals surface area contributed by atoms with Gasteiger partial charge < -0.3 is 15.1 Å². The second-order valence-electron chi connectivity index (χ2n) is 6.06. The number of fused-ring (bicyclic) bond motifs is 1. The Morgan fingerprint density at radius 2 is 2.12 bits per heavy atom. The van der Waals surface area contributed by atoms with Gasteiger partial charge in [0.15, 0.2) is 5.69 Å². The van der Waals surface area contributed by atoms with Gasteiger partial charge in [0.1, 0.15) is 6.54 Å². The van der Waals surface area contributed by atoms with E-state index in [9.17, 15) is 9.59 Å². The summed E-state index contributed by atoms with van der Waals surface area (Å²) in [6.45, 7) is 1.04. The highest BCUT2D eigenvalue weighted by atomic mass is 16.2. The predicted octanol–water partition coefficient (Wildman–Crippen LogP) is 0.611. The Labute approximate surface area is 140 Å². The van der Waals surface area contributed by atoms with Crippen LogP contribution in [0.15, 0.2) is 24.4 Å². The largest absolute Gasteiger partial charge is 0.374 e. The molecule has 0 unspecified atom stereocenters. The number of hydrogen-bond acceptors (Lipinski definition) is 5. The van der Waals surface area contributed by atoms with Gasteiger partial charge in [0.25, 0.3) is 5.91 Å². The molecule has 0 radical (unpaired) electrons. The maximum Gasteiger partial charge on any atom is 0.277 e. The summed E-state index contributed by atoms with van der Waals surface area (Å²) in [5.41, 5.74) is 3.30. The smallest absolute Gasteiger partial charge is 0.277 e. The molecule has 2 amide bonds. The molecule has 8 nitrogen and oxygen atoms in total. The summed E-state index contributed by atoms with van der Waals surface area (Å²) >= 11 is 0. The number of hydrogen-bond donors (Lipinski definition) is 1. The van der Waals surface area contributed by atoms with Gasteiger partial charge in [-0.05, 0) is 24.1 Å². The van der Waals surface area contributed by atoms with Gasteiger partial charge in [-0.15, -0.1) is 5.10 Å².